The Morgan fingerprint density at radius 1 is 0.952 bits per heavy atom. The number of unbranched alkanes of at least 4 members (excludes halogenated alkanes) is 1. The zero-order valence-corrected chi connectivity index (χ0v) is 15.1. The van der Waals surface area contributed by atoms with Crippen molar-refractivity contribution < 1.29 is 14.2 Å². The molecule has 2 aromatic rings. The highest BCUT2D eigenvalue weighted by atomic mass is 127. The predicted octanol–water partition coefficient (Wildman–Crippen LogP) is 4.81. The highest BCUT2D eigenvalue weighted by Gasteiger charge is 2.17. The predicted molar refractivity (Wildman–Crippen MR) is 94.9 cm³/mol. The number of aryl methyl sites for hydroxylation is 1. The summed E-state index contributed by atoms with van der Waals surface area (Å²) >= 11 is 2.40. The molecule has 2 aromatic carbocycles. The number of methoxy groups -OCH3 is 3. The van der Waals surface area contributed by atoms with Gasteiger partial charge in [0.1, 0.15) is 0 Å². The normalized spacial score (nSPS) is 10.7. The van der Waals surface area contributed by atoms with E-state index in [1.54, 1.807) is 21.3 Å². The van der Waals surface area contributed by atoms with E-state index in [0.29, 0.717) is 11.5 Å². The van der Waals surface area contributed by atoms with Crippen molar-refractivity contribution >= 4 is 33.4 Å². The van der Waals surface area contributed by atoms with E-state index in [1.807, 2.05) is 6.07 Å². The van der Waals surface area contributed by atoms with E-state index < -0.39 is 0 Å². The first-order valence-electron chi connectivity index (χ1n) is 7.07. The van der Waals surface area contributed by atoms with Crippen LogP contribution in [0.15, 0.2) is 18.2 Å². The summed E-state index contributed by atoms with van der Waals surface area (Å²) in [6.45, 7) is 2.21. The van der Waals surface area contributed by atoms with Crippen LogP contribution in [-0.2, 0) is 6.42 Å². The Balaban J connectivity index is 2.67. The molecule has 21 heavy (non-hydrogen) atoms. The van der Waals surface area contributed by atoms with Crippen molar-refractivity contribution in [1.82, 2.24) is 0 Å². The van der Waals surface area contributed by atoms with Crippen molar-refractivity contribution in [2.75, 3.05) is 21.3 Å². The van der Waals surface area contributed by atoms with Crippen molar-refractivity contribution in [3.63, 3.8) is 0 Å². The molecule has 0 aliphatic carbocycles. The molecule has 0 saturated carbocycles. The largest absolute Gasteiger partial charge is 0.493 e. The highest BCUT2D eigenvalue weighted by Crippen LogP contribution is 2.44. The number of benzene rings is 2. The molecule has 0 heterocycles. The second kappa shape index (κ2) is 7.20. The standard InChI is InChI=1S/C17H21IO3/c1-5-6-7-11-8-12-9-15(19-2)17(21-4)16(20-3)13(12)10-14(11)18/h8-10H,5-7H2,1-4H3. The summed E-state index contributed by atoms with van der Waals surface area (Å²) < 4.78 is 17.7. The van der Waals surface area contributed by atoms with E-state index in [2.05, 4.69) is 41.6 Å². The quantitative estimate of drug-likeness (QED) is 0.652. The molecule has 0 aliphatic rings. The third-order valence-corrected chi connectivity index (χ3v) is 4.61. The lowest BCUT2D eigenvalue weighted by atomic mass is 10.0. The average molecular weight is 400 g/mol. The van der Waals surface area contributed by atoms with Crippen LogP contribution in [0.3, 0.4) is 0 Å². The molecule has 0 aliphatic heterocycles. The number of hydrogen-bond acceptors (Lipinski definition) is 3. The maximum atomic E-state index is 5.56. The minimum Gasteiger partial charge on any atom is -0.493 e. The van der Waals surface area contributed by atoms with Gasteiger partial charge in [-0.3, -0.25) is 0 Å². The van der Waals surface area contributed by atoms with Gasteiger partial charge in [-0.2, -0.15) is 0 Å². The molecule has 3 nitrogen and oxygen atoms in total. The van der Waals surface area contributed by atoms with Crippen molar-refractivity contribution in [1.29, 1.82) is 0 Å². The molecule has 0 aromatic heterocycles. The fourth-order valence-corrected chi connectivity index (χ4v) is 3.24. The van der Waals surface area contributed by atoms with Crippen LogP contribution in [0.5, 0.6) is 17.2 Å². The lowest BCUT2D eigenvalue weighted by Crippen LogP contribution is -1.97. The van der Waals surface area contributed by atoms with Gasteiger partial charge in [0.05, 0.1) is 21.3 Å². The van der Waals surface area contributed by atoms with Crippen LogP contribution in [0, 0.1) is 3.57 Å². The summed E-state index contributed by atoms with van der Waals surface area (Å²) in [5.74, 6) is 2.07. The first-order chi connectivity index (χ1) is 10.2. The second-order valence-electron chi connectivity index (χ2n) is 4.91. The van der Waals surface area contributed by atoms with E-state index >= 15 is 0 Å². The van der Waals surface area contributed by atoms with Crippen LogP contribution in [0.2, 0.25) is 0 Å². The molecular formula is C17H21IO3. The van der Waals surface area contributed by atoms with Crippen molar-refractivity contribution in [2.24, 2.45) is 0 Å². The monoisotopic (exact) mass is 400 g/mol. The molecule has 0 fully saturated rings. The van der Waals surface area contributed by atoms with Crippen molar-refractivity contribution in [3.05, 3.63) is 27.3 Å². The molecular weight excluding hydrogens is 379 g/mol. The van der Waals surface area contributed by atoms with Gasteiger partial charge < -0.3 is 14.2 Å². The summed E-state index contributed by atoms with van der Waals surface area (Å²) in [7, 11) is 4.94. The number of fused-ring (bicyclic) bond motifs is 1. The molecule has 0 atom stereocenters. The van der Waals surface area contributed by atoms with E-state index in [0.717, 1.165) is 22.9 Å². The van der Waals surface area contributed by atoms with Crippen LogP contribution in [0.1, 0.15) is 25.3 Å². The summed E-state index contributed by atoms with van der Waals surface area (Å²) in [5, 5.41) is 2.18. The van der Waals surface area contributed by atoms with Gasteiger partial charge in [0.15, 0.2) is 11.5 Å². The Bertz CT molecular complexity index is 638. The minimum absolute atomic E-state index is 0.643. The smallest absolute Gasteiger partial charge is 0.203 e. The van der Waals surface area contributed by atoms with Crippen LogP contribution in [-0.4, -0.2) is 21.3 Å². The van der Waals surface area contributed by atoms with Crippen LogP contribution in [0.4, 0.5) is 0 Å². The number of ether oxygens (including phenoxy) is 3. The van der Waals surface area contributed by atoms with E-state index in [1.165, 1.54) is 22.0 Å². The molecule has 0 bridgehead atoms. The molecule has 0 amide bonds. The van der Waals surface area contributed by atoms with Crippen LogP contribution >= 0.6 is 22.6 Å². The summed E-state index contributed by atoms with van der Waals surface area (Å²) in [6.07, 6.45) is 3.50. The summed E-state index contributed by atoms with van der Waals surface area (Å²) in [6, 6.07) is 6.42. The third kappa shape index (κ3) is 3.20. The zero-order valence-electron chi connectivity index (χ0n) is 13.0. The summed E-state index contributed by atoms with van der Waals surface area (Å²) in [4.78, 5) is 0. The van der Waals surface area contributed by atoms with Gasteiger partial charge in [-0.15, -0.1) is 0 Å². The Kier molecular flexibility index (Phi) is 5.56. The Morgan fingerprint density at radius 3 is 2.24 bits per heavy atom. The highest BCUT2D eigenvalue weighted by molar-refractivity contribution is 14.1. The van der Waals surface area contributed by atoms with E-state index in [-0.39, 0.29) is 0 Å². The fourth-order valence-electron chi connectivity index (χ4n) is 2.50. The molecule has 0 unspecified atom stereocenters. The van der Waals surface area contributed by atoms with Gasteiger partial charge in [-0.05, 0) is 64.6 Å². The average Bonchev–Trinajstić information content (AvgIpc) is 2.51. The number of rotatable bonds is 6. The Morgan fingerprint density at radius 2 is 1.67 bits per heavy atom. The molecule has 0 spiro atoms. The van der Waals surface area contributed by atoms with Gasteiger partial charge in [0.25, 0.3) is 0 Å². The van der Waals surface area contributed by atoms with Crippen molar-refractivity contribution in [3.8, 4) is 17.2 Å². The SMILES string of the molecule is CCCCc1cc2cc(OC)c(OC)c(OC)c2cc1I. The molecule has 4 heteroatoms. The van der Waals surface area contributed by atoms with Gasteiger partial charge >= 0.3 is 0 Å². The lowest BCUT2D eigenvalue weighted by Gasteiger charge is -2.16. The van der Waals surface area contributed by atoms with E-state index in [4.69, 9.17) is 14.2 Å². The minimum atomic E-state index is 0.643. The lowest BCUT2D eigenvalue weighted by molar-refractivity contribution is 0.327. The Hall–Kier alpha value is -1.17. The first kappa shape index (κ1) is 16.2. The molecule has 114 valence electrons. The van der Waals surface area contributed by atoms with Gasteiger partial charge in [0.2, 0.25) is 5.75 Å². The zero-order chi connectivity index (χ0) is 15.4. The maximum absolute atomic E-state index is 5.56. The van der Waals surface area contributed by atoms with Gasteiger partial charge in [0, 0.05) is 8.96 Å². The third-order valence-electron chi connectivity index (χ3n) is 3.61. The second-order valence-corrected chi connectivity index (χ2v) is 6.08. The van der Waals surface area contributed by atoms with E-state index in [9.17, 15) is 0 Å². The topological polar surface area (TPSA) is 27.7 Å². The number of hydrogen-bond donors (Lipinski definition) is 0. The molecule has 0 N–H and O–H groups in total. The molecule has 2 rings (SSSR count). The fraction of sp³-hybridized carbons (Fsp3) is 0.412. The number of halogens is 1. The van der Waals surface area contributed by atoms with Gasteiger partial charge in [-0.25, -0.2) is 0 Å². The van der Waals surface area contributed by atoms with Gasteiger partial charge in [-0.1, -0.05) is 13.3 Å². The summed E-state index contributed by atoms with van der Waals surface area (Å²) in [5.41, 5.74) is 1.37. The van der Waals surface area contributed by atoms with Crippen LogP contribution in [0.25, 0.3) is 10.8 Å². The van der Waals surface area contributed by atoms with Crippen LogP contribution < -0.4 is 14.2 Å². The molecule has 0 radical (unpaired) electrons. The van der Waals surface area contributed by atoms with Crippen molar-refractivity contribution in [2.45, 2.75) is 26.2 Å². The first-order valence-corrected chi connectivity index (χ1v) is 8.15. The Labute approximate surface area is 139 Å². The molecule has 0 saturated heterocycles. The maximum Gasteiger partial charge on any atom is 0.203 e.